The molecular formula is C16H17N3. The van der Waals surface area contributed by atoms with E-state index in [9.17, 15) is 0 Å². The highest BCUT2D eigenvalue weighted by Gasteiger charge is 2.08. The summed E-state index contributed by atoms with van der Waals surface area (Å²) in [5, 5.41) is 0. The van der Waals surface area contributed by atoms with E-state index in [0.29, 0.717) is 0 Å². The van der Waals surface area contributed by atoms with Gasteiger partial charge in [0, 0.05) is 18.0 Å². The van der Waals surface area contributed by atoms with Crippen molar-refractivity contribution < 1.29 is 0 Å². The van der Waals surface area contributed by atoms with Crippen molar-refractivity contribution in [3.05, 3.63) is 53.3 Å². The zero-order valence-electron chi connectivity index (χ0n) is 11.4. The van der Waals surface area contributed by atoms with Crippen LogP contribution in [0.3, 0.4) is 0 Å². The number of pyridine rings is 1. The SMILES string of the molecule is Cc1ccc(-c2cn3cc(N)c(C)cc3n2)c(C)c1. The lowest BCUT2D eigenvalue weighted by Crippen LogP contribution is -1.93. The van der Waals surface area contributed by atoms with Gasteiger partial charge in [0.05, 0.1) is 11.4 Å². The molecule has 0 aliphatic carbocycles. The maximum absolute atomic E-state index is 5.94. The van der Waals surface area contributed by atoms with Crippen molar-refractivity contribution in [2.75, 3.05) is 5.73 Å². The zero-order valence-corrected chi connectivity index (χ0v) is 11.4. The smallest absolute Gasteiger partial charge is 0.137 e. The molecule has 3 heteroatoms. The molecule has 0 saturated heterocycles. The second-order valence-electron chi connectivity index (χ2n) is 5.12. The number of fused-ring (bicyclic) bond motifs is 1. The minimum Gasteiger partial charge on any atom is -0.397 e. The van der Waals surface area contributed by atoms with Crippen LogP contribution < -0.4 is 5.73 Å². The summed E-state index contributed by atoms with van der Waals surface area (Å²) in [4.78, 5) is 4.68. The normalized spacial score (nSPS) is 11.1. The third-order valence-electron chi connectivity index (χ3n) is 3.50. The summed E-state index contributed by atoms with van der Waals surface area (Å²) in [6, 6.07) is 8.44. The number of nitrogens with zero attached hydrogens (tertiary/aromatic N) is 2. The number of anilines is 1. The van der Waals surface area contributed by atoms with Crippen LogP contribution in [-0.4, -0.2) is 9.38 Å². The van der Waals surface area contributed by atoms with Gasteiger partial charge in [0.25, 0.3) is 0 Å². The van der Waals surface area contributed by atoms with Crippen molar-refractivity contribution in [2.45, 2.75) is 20.8 Å². The van der Waals surface area contributed by atoms with E-state index in [2.05, 4.69) is 37.0 Å². The van der Waals surface area contributed by atoms with Gasteiger partial charge in [-0.2, -0.15) is 0 Å². The molecule has 0 fully saturated rings. The van der Waals surface area contributed by atoms with Crippen LogP contribution in [0, 0.1) is 20.8 Å². The summed E-state index contributed by atoms with van der Waals surface area (Å²) in [5.41, 5.74) is 13.4. The molecule has 0 spiro atoms. The predicted molar refractivity (Wildman–Crippen MR) is 79.3 cm³/mol. The minimum absolute atomic E-state index is 0.789. The van der Waals surface area contributed by atoms with Crippen LogP contribution in [0.1, 0.15) is 16.7 Å². The monoisotopic (exact) mass is 251 g/mol. The molecule has 19 heavy (non-hydrogen) atoms. The maximum Gasteiger partial charge on any atom is 0.137 e. The number of aryl methyl sites for hydroxylation is 3. The first kappa shape index (κ1) is 11.8. The van der Waals surface area contributed by atoms with Gasteiger partial charge in [0.2, 0.25) is 0 Å². The average Bonchev–Trinajstić information content (AvgIpc) is 2.72. The van der Waals surface area contributed by atoms with E-state index < -0.39 is 0 Å². The number of aromatic nitrogens is 2. The molecule has 2 heterocycles. The Hall–Kier alpha value is -2.29. The lowest BCUT2D eigenvalue weighted by molar-refractivity contribution is 1.17. The third kappa shape index (κ3) is 1.97. The molecule has 0 atom stereocenters. The van der Waals surface area contributed by atoms with Crippen molar-refractivity contribution in [3.8, 4) is 11.3 Å². The molecule has 0 unspecified atom stereocenters. The van der Waals surface area contributed by atoms with E-state index in [1.54, 1.807) is 0 Å². The molecule has 0 radical (unpaired) electrons. The summed E-state index contributed by atoms with van der Waals surface area (Å²) in [5.74, 6) is 0. The zero-order chi connectivity index (χ0) is 13.6. The molecule has 0 bridgehead atoms. The van der Waals surface area contributed by atoms with E-state index >= 15 is 0 Å². The fraction of sp³-hybridized carbons (Fsp3) is 0.188. The summed E-state index contributed by atoms with van der Waals surface area (Å²) >= 11 is 0. The minimum atomic E-state index is 0.789. The van der Waals surface area contributed by atoms with Crippen LogP contribution in [0.5, 0.6) is 0 Å². The molecular weight excluding hydrogens is 234 g/mol. The van der Waals surface area contributed by atoms with Gasteiger partial charge in [-0.05, 0) is 38.0 Å². The summed E-state index contributed by atoms with van der Waals surface area (Å²) < 4.78 is 1.98. The van der Waals surface area contributed by atoms with E-state index in [-0.39, 0.29) is 0 Å². The second-order valence-corrected chi connectivity index (χ2v) is 5.12. The molecule has 1 aromatic carbocycles. The maximum atomic E-state index is 5.94. The van der Waals surface area contributed by atoms with Crippen molar-refractivity contribution in [1.82, 2.24) is 9.38 Å². The molecule has 0 aliphatic rings. The third-order valence-corrected chi connectivity index (χ3v) is 3.50. The first-order valence-electron chi connectivity index (χ1n) is 6.37. The Bertz CT molecular complexity index is 730. The largest absolute Gasteiger partial charge is 0.397 e. The van der Waals surface area contributed by atoms with Crippen LogP contribution in [-0.2, 0) is 0 Å². The Kier molecular flexibility index (Phi) is 2.56. The van der Waals surface area contributed by atoms with Gasteiger partial charge in [0.1, 0.15) is 5.65 Å². The predicted octanol–water partition coefficient (Wildman–Crippen LogP) is 3.51. The van der Waals surface area contributed by atoms with Gasteiger partial charge in [-0.15, -0.1) is 0 Å². The average molecular weight is 251 g/mol. The first-order chi connectivity index (χ1) is 9.04. The number of hydrogen-bond donors (Lipinski definition) is 1. The van der Waals surface area contributed by atoms with Crippen molar-refractivity contribution >= 4 is 11.3 Å². The molecule has 3 aromatic rings. The summed E-state index contributed by atoms with van der Waals surface area (Å²) in [6.45, 7) is 6.22. The molecule has 0 saturated carbocycles. The lowest BCUT2D eigenvalue weighted by Gasteiger charge is -2.02. The van der Waals surface area contributed by atoms with Crippen LogP contribution in [0.25, 0.3) is 16.9 Å². The first-order valence-corrected chi connectivity index (χ1v) is 6.37. The molecule has 0 amide bonds. The van der Waals surface area contributed by atoms with Gasteiger partial charge in [0.15, 0.2) is 0 Å². The number of rotatable bonds is 1. The van der Waals surface area contributed by atoms with Crippen LogP contribution in [0.4, 0.5) is 5.69 Å². The Morgan fingerprint density at radius 1 is 1.00 bits per heavy atom. The molecule has 0 aliphatic heterocycles. The van der Waals surface area contributed by atoms with Crippen LogP contribution in [0.2, 0.25) is 0 Å². The van der Waals surface area contributed by atoms with Crippen molar-refractivity contribution in [1.29, 1.82) is 0 Å². The topological polar surface area (TPSA) is 43.3 Å². The van der Waals surface area contributed by atoms with E-state index in [0.717, 1.165) is 22.6 Å². The van der Waals surface area contributed by atoms with E-state index in [1.807, 2.05) is 29.8 Å². The number of benzene rings is 1. The highest BCUT2D eigenvalue weighted by Crippen LogP contribution is 2.25. The molecule has 3 rings (SSSR count). The number of imidazole rings is 1. The number of nitrogen functional groups attached to an aromatic ring is 1. The second kappa shape index (κ2) is 4.12. The Balaban J connectivity index is 2.20. The van der Waals surface area contributed by atoms with Crippen LogP contribution >= 0.6 is 0 Å². The van der Waals surface area contributed by atoms with Gasteiger partial charge < -0.3 is 10.1 Å². The highest BCUT2D eigenvalue weighted by atomic mass is 15.0. The molecule has 2 N–H and O–H groups in total. The van der Waals surface area contributed by atoms with Gasteiger partial charge in [-0.3, -0.25) is 0 Å². The van der Waals surface area contributed by atoms with Gasteiger partial charge in [-0.1, -0.05) is 23.8 Å². The van der Waals surface area contributed by atoms with Gasteiger partial charge >= 0.3 is 0 Å². The number of nitrogens with two attached hydrogens (primary N) is 1. The Morgan fingerprint density at radius 3 is 2.53 bits per heavy atom. The summed E-state index contributed by atoms with van der Waals surface area (Å²) in [7, 11) is 0. The van der Waals surface area contributed by atoms with Gasteiger partial charge in [-0.25, -0.2) is 4.98 Å². The highest BCUT2D eigenvalue weighted by molar-refractivity contribution is 5.67. The van der Waals surface area contributed by atoms with E-state index in [1.165, 1.54) is 16.7 Å². The Morgan fingerprint density at radius 2 is 1.79 bits per heavy atom. The quantitative estimate of drug-likeness (QED) is 0.719. The van der Waals surface area contributed by atoms with E-state index in [4.69, 9.17) is 5.73 Å². The standard InChI is InChI=1S/C16H17N3/c1-10-4-5-13(11(2)6-10)15-9-19-8-14(17)12(3)7-16(19)18-15/h4-9H,17H2,1-3H3. The molecule has 2 aromatic heterocycles. The molecule has 96 valence electrons. The lowest BCUT2D eigenvalue weighted by atomic mass is 10.0. The fourth-order valence-electron chi connectivity index (χ4n) is 2.38. The number of hydrogen-bond acceptors (Lipinski definition) is 2. The molecule has 3 nitrogen and oxygen atoms in total. The van der Waals surface area contributed by atoms with Crippen molar-refractivity contribution in [3.63, 3.8) is 0 Å². The fourth-order valence-corrected chi connectivity index (χ4v) is 2.38. The van der Waals surface area contributed by atoms with Crippen molar-refractivity contribution in [2.24, 2.45) is 0 Å². The Labute approximate surface area is 112 Å². The summed E-state index contributed by atoms with van der Waals surface area (Å²) in [6.07, 6.45) is 3.95. The van der Waals surface area contributed by atoms with Crippen LogP contribution in [0.15, 0.2) is 36.7 Å².